The summed E-state index contributed by atoms with van der Waals surface area (Å²) >= 11 is 0. The van der Waals surface area contributed by atoms with Crippen LogP contribution < -0.4 is 5.32 Å². The van der Waals surface area contributed by atoms with E-state index in [2.05, 4.69) is 10.1 Å². The minimum Gasteiger partial charge on any atom is -0.453 e. The Hall–Kier alpha value is -1.06. The third-order valence-corrected chi connectivity index (χ3v) is 2.02. The molecule has 0 aromatic carbocycles. The largest absolute Gasteiger partial charge is 0.453 e. The fourth-order valence-corrected chi connectivity index (χ4v) is 0.877. The van der Waals surface area contributed by atoms with Crippen molar-refractivity contribution in [1.82, 2.24) is 5.32 Å². The monoisotopic (exact) mass is 173 g/mol. The SMILES string of the molecule is CCC(C=O)(CC)NC(=O)OC. The molecule has 1 N–H and O–H groups in total. The topological polar surface area (TPSA) is 55.4 Å². The van der Waals surface area contributed by atoms with Crippen LogP contribution >= 0.6 is 0 Å². The van der Waals surface area contributed by atoms with Gasteiger partial charge in [0, 0.05) is 0 Å². The number of aldehydes is 1. The van der Waals surface area contributed by atoms with Crippen molar-refractivity contribution >= 4 is 12.4 Å². The molecule has 0 fully saturated rings. The molecule has 0 saturated carbocycles. The van der Waals surface area contributed by atoms with Crippen LogP contribution in [-0.4, -0.2) is 25.0 Å². The molecule has 0 bridgehead atoms. The van der Waals surface area contributed by atoms with Crippen molar-refractivity contribution < 1.29 is 14.3 Å². The quantitative estimate of drug-likeness (QED) is 0.648. The predicted molar refractivity (Wildman–Crippen MR) is 44.9 cm³/mol. The zero-order valence-electron chi connectivity index (χ0n) is 7.72. The number of ether oxygens (including phenoxy) is 1. The van der Waals surface area contributed by atoms with E-state index in [0.717, 1.165) is 6.29 Å². The molecule has 0 aromatic rings. The van der Waals surface area contributed by atoms with E-state index < -0.39 is 11.6 Å². The van der Waals surface area contributed by atoms with Gasteiger partial charge in [-0.3, -0.25) is 0 Å². The Bertz CT molecular complexity index is 164. The van der Waals surface area contributed by atoms with E-state index in [1.165, 1.54) is 7.11 Å². The lowest BCUT2D eigenvalue weighted by atomic mass is 9.95. The Morgan fingerprint density at radius 1 is 1.50 bits per heavy atom. The molecule has 12 heavy (non-hydrogen) atoms. The average Bonchev–Trinajstić information content (AvgIpc) is 2.14. The van der Waals surface area contributed by atoms with Crippen molar-refractivity contribution in [3.8, 4) is 0 Å². The van der Waals surface area contributed by atoms with E-state index in [1.807, 2.05) is 13.8 Å². The number of carbonyl (C=O) groups excluding carboxylic acids is 2. The highest BCUT2D eigenvalue weighted by atomic mass is 16.5. The van der Waals surface area contributed by atoms with Gasteiger partial charge in [-0.1, -0.05) is 13.8 Å². The zero-order chi connectivity index (χ0) is 9.61. The van der Waals surface area contributed by atoms with Gasteiger partial charge in [0.1, 0.15) is 6.29 Å². The zero-order valence-corrected chi connectivity index (χ0v) is 7.72. The van der Waals surface area contributed by atoms with Crippen molar-refractivity contribution in [2.75, 3.05) is 7.11 Å². The van der Waals surface area contributed by atoms with Gasteiger partial charge in [-0.2, -0.15) is 0 Å². The van der Waals surface area contributed by atoms with Gasteiger partial charge < -0.3 is 14.8 Å². The molecule has 0 spiro atoms. The Labute approximate surface area is 72.3 Å². The number of amides is 1. The Kier molecular flexibility index (Phi) is 4.33. The van der Waals surface area contributed by atoms with E-state index in [0.29, 0.717) is 12.8 Å². The summed E-state index contributed by atoms with van der Waals surface area (Å²) in [5.41, 5.74) is -0.757. The summed E-state index contributed by atoms with van der Waals surface area (Å²) in [6, 6.07) is 0. The molecule has 0 rings (SSSR count). The highest BCUT2D eigenvalue weighted by Crippen LogP contribution is 2.11. The molecule has 1 amide bonds. The number of methoxy groups -OCH3 is 1. The Balaban J connectivity index is 4.29. The van der Waals surface area contributed by atoms with Gasteiger partial charge in [0.05, 0.1) is 12.6 Å². The molecule has 0 aromatic heterocycles. The van der Waals surface area contributed by atoms with Crippen LogP contribution in [0.3, 0.4) is 0 Å². The summed E-state index contributed by atoms with van der Waals surface area (Å²) in [6.45, 7) is 3.68. The summed E-state index contributed by atoms with van der Waals surface area (Å²) in [4.78, 5) is 21.5. The van der Waals surface area contributed by atoms with Crippen molar-refractivity contribution in [3.05, 3.63) is 0 Å². The summed E-state index contributed by atoms with van der Waals surface area (Å²) < 4.78 is 4.40. The molecule has 0 aliphatic rings. The molecule has 0 unspecified atom stereocenters. The van der Waals surface area contributed by atoms with Crippen LogP contribution in [0.1, 0.15) is 26.7 Å². The molecule has 0 radical (unpaired) electrons. The minimum absolute atomic E-state index is 0.564. The fraction of sp³-hybridized carbons (Fsp3) is 0.750. The second-order valence-corrected chi connectivity index (χ2v) is 2.60. The van der Waals surface area contributed by atoms with Crippen LogP contribution in [0.2, 0.25) is 0 Å². The summed E-state index contributed by atoms with van der Waals surface area (Å²) in [5, 5.41) is 2.50. The lowest BCUT2D eigenvalue weighted by molar-refractivity contribution is -0.113. The predicted octanol–water partition coefficient (Wildman–Crippen LogP) is 1.10. The minimum atomic E-state index is -0.757. The van der Waals surface area contributed by atoms with Crippen LogP contribution in [0.5, 0.6) is 0 Å². The molecular formula is C8H15NO3. The van der Waals surface area contributed by atoms with Crippen molar-refractivity contribution in [3.63, 3.8) is 0 Å². The highest BCUT2D eigenvalue weighted by molar-refractivity contribution is 5.76. The first-order valence-electron chi connectivity index (χ1n) is 3.96. The molecular weight excluding hydrogens is 158 g/mol. The molecule has 0 saturated heterocycles. The second kappa shape index (κ2) is 4.74. The van der Waals surface area contributed by atoms with Crippen LogP contribution in [-0.2, 0) is 9.53 Å². The van der Waals surface area contributed by atoms with Crippen molar-refractivity contribution in [1.29, 1.82) is 0 Å². The summed E-state index contributed by atoms with van der Waals surface area (Å²) in [7, 11) is 1.27. The van der Waals surface area contributed by atoms with Crippen molar-refractivity contribution in [2.45, 2.75) is 32.2 Å². The third-order valence-electron chi connectivity index (χ3n) is 2.02. The van der Waals surface area contributed by atoms with Gasteiger partial charge in [0.2, 0.25) is 0 Å². The average molecular weight is 173 g/mol. The van der Waals surface area contributed by atoms with Gasteiger partial charge >= 0.3 is 6.09 Å². The molecule has 0 aliphatic heterocycles. The molecule has 70 valence electrons. The smallest absolute Gasteiger partial charge is 0.407 e. The first-order valence-corrected chi connectivity index (χ1v) is 3.96. The number of hydrogen-bond acceptors (Lipinski definition) is 3. The Morgan fingerprint density at radius 2 is 2.00 bits per heavy atom. The van der Waals surface area contributed by atoms with Crippen LogP contribution in [0, 0.1) is 0 Å². The van der Waals surface area contributed by atoms with Gasteiger partial charge in [-0.05, 0) is 12.8 Å². The highest BCUT2D eigenvalue weighted by Gasteiger charge is 2.27. The van der Waals surface area contributed by atoms with Gasteiger partial charge in [-0.25, -0.2) is 4.79 Å². The van der Waals surface area contributed by atoms with Crippen molar-refractivity contribution in [2.24, 2.45) is 0 Å². The summed E-state index contributed by atoms with van der Waals surface area (Å²) in [6.07, 6.45) is 1.33. The summed E-state index contributed by atoms with van der Waals surface area (Å²) in [5.74, 6) is 0. The van der Waals surface area contributed by atoms with E-state index in [-0.39, 0.29) is 0 Å². The van der Waals surface area contributed by atoms with Gasteiger partial charge in [-0.15, -0.1) is 0 Å². The van der Waals surface area contributed by atoms with Crippen LogP contribution in [0.4, 0.5) is 4.79 Å². The molecule has 0 aliphatic carbocycles. The lowest BCUT2D eigenvalue weighted by Gasteiger charge is -2.25. The van der Waals surface area contributed by atoms with E-state index >= 15 is 0 Å². The Morgan fingerprint density at radius 3 is 2.25 bits per heavy atom. The number of rotatable bonds is 4. The fourth-order valence-electron chi connectivity index (χ4n) is 0.877. The molecule has 4 nitrogen and oxygen atoms in total. The lowest BCUT2D eigenvalue weighted by Crippen LogP contribution is -2.48. The van der Waals surface area contributed by atoms with Crippen LogP contribution in [0.15, 0.2) is 0 Å². The molecule has 0 atom stereocenters. The maximum Gasteiger partial charge on any atom is 0.407 e. The maximum absolute atomic E-state index is 10.8. The standard InChI is InChI=1S/C8H15NO3/c1-4-8(5-2,6-10)9-7(11)12-3/h6H,4-5H2,1-3H3,(H,9,11). The normalized spacial score (nSPS) is 10.6. The van der Waals surface area contributed by atoms with Crippen LogP contribution in [0.25, 0.3) is 0 Å². The van der Waals surface area contributed by atoms with E-state index in [1.54, 1.807) is 0 Å². The number of hydrogen-bond donors (Lipinski definition) is 1. The van der Waals surface area contributed by atoms with E-state index in [4.69, 9.17) is 0 Å². The number of alkyl carbamates (subject to hydrolysis) is 1. The molecule has 0 heterocycles. The first-order chi connectivity index (χ1) is 5.64. The number of nitrogens with one attached hydrogen (secondary N) is 1. The van der Waals surface area contributed by atoms with Gasteiger partial charge in [0.25, 0.3) is 0 Å². The second-order valence-electron chi connectivity index (χ2n) is 2.60. The molecule has 4 heteroatoms. The van der Waals surface area contributed by atoms with E-state index in [9.17, 15) is 9.59 Å². The first kappa shape index (κ1) is 10.9. The van der Waals surface area contributed by atoms with Gasteiger partial charge in [0.15, 0.2) is 0 Å². The number of carbonyl (C=O) groups is 2. The maximum atomic E-state index is 10.8. The third kappa shape index (κ3) is 2.53.